The molecule has 0 saturated carbocycles. The van der Waals surface area contributed by atoms with E-state index < -0.39 is 41.8 Å². The van der Waals surface area contributed by atoms with Crippen LogP contribution in [-0.4, -0.2) is 88.2 Å². The molecule has 0 spiro atoms. The van der Waals surface area contributed by atoms with E-state index in [1.807, 2.05) is 37.3 Å². The molecule has 1 unspecified atom stereocenters. The van der Waals surface area contributed by atoms with E-state index in [1.165, 1.54) is 4.90 Å². The predicted octanol–water partition coefficient (Wildman–Crippen LogP) is 3.74. The number of amides is 3. The number of likely N-dealkylation sites (tertiary alicyclic amines) is 2. The molecular weight excluding hydrogens is 478 g/mol. The summed E-state index contributed by atoms with van der Waals surface area (Å²) in [5.74, 6) is -1.36. The number of carbonyl (C=O) groups excluding carboxylic acids is 3. The molecule has 0 bridgehead atoms. The Morgan fingerprint density at radius 3 is 2.27 bits per heavy atom. The molecule has 2 saturated heterocycles. The summed E-state index contributed by atoms with van der Waals surface area (Å²) in [6, 6.07) is 8.99. The largest absolute Gasteiger partial charge is 0.480 e. The SMILES string of the molecule is CC(C)(C)OC(=O)N1CCCC(N(CC(=O)O)C(=O)C2(C)CCN(C(=O)OCc3ccccc3)CC2)C1. The van der Waals surface area contributed by atoms with Crippen LogP contribution >= 0.6 is 0 Å². The molecule has 0 radical (unpaired) electrons. The maximum atomic E-state index is 13.7. The van der Waals surface area contributed by atoms with Crippen molar-refractivity contribution in [2.75, 3.05) is 32.7 Å². The van der Waals surface area contributed by atoms with E-state index in [1.54, 1.807) is 30.6 Å². The van der Waals surface area contributed by atoms with Crippen molar-refractivity contribution in [2.45, 2.75) is 71.6 Å². The van der Waals surface area contributed by atoms with Crippen molar-refractivity contribution in [1.82, 2.24) is 14.7 Å². The average Bonchev–Trinajstić information content (AvgIpc) is 2.85. The lowest BCUT2D eigenvalue weighted by atomic mass is 9.78. The molecular formula is C27H39N3O7. The number of carboxylic acids is 1. The number of ether oxygens (including phenoxy) is 2. The van der Waals surface area contributed by atoms with E-state index in [4.69, 9.17) is 9.47 Å². The van der Waals surface area contributed by atoms with Gasteiger partial charge in [0.05, 0.1) is 6.04 Å². The first-order valence-electron chi connectivity index (χ1n) is 12.8. The molecule has 2 fully saturated rings. The first-order chi connectivity index (χ1) is 17.4. The summed E-state index contributed by atoms with van der Waals surface area (Å²) in [7, 11) is 0. The summed E-state index contributed by atoms with van der Waals surface area (Å²) in [6.45, 7) is 8.33. The van der Waals surface area contributed by atoms with Crippen LogP contribution in [0.1, 0.15) is 58.9 Å². The fourth-order valence-corrected chi connectivity index (χ4v) is 4.77. The fraction of sp³-hybridized carbons (Fsp3) is 0.630. The monoisotopic (exact) mass is 517 g/mol. The normalized spacial score (nSPS) is 19.6. The number of nitrogens with zero attached hydrogens (tertiary/aromatic N) is 3. The van der Waals surface area contributed by atoms with Crippen LogP contribution in [0.3, 0.4) is 0 Å². The second-order valence-electron chi connectivity index (χ2n) is 11.1. The third kappa shape index (κ3) is 7.84. The Kier molecular flexibility index (Phi) is 9.04. The van der Waals surface area contributed by atoms with Gasteiger partial charge in [-0.05, 0) is 52.0 Å². The summed E-state index contributed by atoms with van der Waals surface area (Å²) in [4.78, 5) is 55.2. The highest BCUT2D eigenvalue weighted by atomic mass is 16.6. The van der Waals surface area contributed by atoms with Crippen molar-refractivity contribution in [3.05, 3.63) is 35.9 Å². The van der Waals surface area contributed by atoms with Crippen LogP contribution < -0.4 is 0 Å². The first-order valence-corrected chi connectivity index (χ1v) is 12.8. The molecule has 2 heterocycles. The van der Waals surface area contributed by atoms with Gasteiger partial charge in [-0.3, -0.25) is 9.59 Å². The number of rotatable bonds is 6. The molecule has 37 heavy (non-hydrogen) atoms. The Labute approximate surface area is 218 Å². The molecule has 10 heteroatoms. The van der Waals surface area contributed by atoms with Gasteiger partial charge in [-0.1, -0.05) is 37.3 Å². The number of hydrogen-bond acceptors (Lipinski definition) is 6. The molecule has 1 aromatic rings. The van der Waals surface area contributed by atoms with Crippen LogP contribution in [0.2, 0.25) is 0 Å². The lowest BCUT2D eigenvalue weighted by Gasteiger charge is -2.44. The molecule has 2 aliphatic heterocycles. The Hall–Kier alpha value is -3.30. The zero-order valence-electron chi connectivity index (χ0n) is 22.3. The number of hydrogen-bond donors (Lipinski definition) is 1. The molecule has 1 aromatic carbocycles. The van der Waals surface area contributed by atoms with Crippen molar-refractivity contribution in [3.63, 3.8) is 0 Å². The molecule has 10 nitrogen and oxygen atoms in total. The minimum absolute atomic E-state index is 0.175. The van der Waals surface area contributed by atoms with E-state index in [0.29, 0.717) is 45.3 Å². The number of aliphatic carboxylic acids is 1. The van der Waals surface area contributed by atoms with E-state index in [0.717, 1.165) is 5.56 Å². The minimum atomic E-state index is -1.10. The maximum absolute atomic E-state index is 13.7. The lowest BCUT2D eigenvalue weighted by molar-refractivity contribution is -0.154. The van der Waals surface area contributed by atoms with Crippen LogP contribution in [-0.2, 0) is 25.7 Å². The van der Waals surface area contributed by atoms with Crippen molar-refractivity contribution in [3.8, 4) is 0 Å². The molecule has 1 atom stereocenters. The van der Waals surface area contributed by atoms with E-state index in [9.17, 15) is 24.3 Å². The van der Waals surface area contributed by atoms with Crippen LogP contribution in [0, 0.1) is 5.41 Å². The molecule has 1 N–H and O–H groups in total. The molecule has 3 amide bonds. The number of piperidine rings is 2. The van der Waals surface area contributed by atoms with Crippen molar-refractivity contribution in [1.29, 1.82) is 0 Å². The fourth-order valence-electron chi connectivity index (χ4n) is 4.77. The van der Waals surface area contributed by atoms with E-state index >= 15 is 0 Å². The molecule has 204 valence electrons. The smallest absolute Gasteiger partial charge is 0.410 e. The lowest BCUT2D eigenvalue weighted by Crippen LogP contribution is -2.58. The summed E-state index contributed by atoms with van der Waals surface area (Å²) in [6.07, 6.45) is 1.14. The van der Waals surface area contributed by atoms with Gasteiger partial charge in [-0.15, -0.1) is 0 Å². The van der Waals surface area contributed by atoms with Crippen molar-refractivity contribution in [2.24, 2.45) is 5.41 Å². The third-order valence-corrected chi connectivity index (χ3v) is 6.90. The van der Waals surface area contributed by atoms with Gasteiger partial charge >= 0.3 is 18.2 Å². The van der Waals surface area contributed by atoms with Gasteiger partial charge in [0, 0.05) is 31.6 Å². The highest BCUT2D eigenvalue weighted by molar-refractivity contribution is 5.86. The van der Waals surface area contributed by atoms with Gasteiger partial charge in [-0.25, -0.2) is 9.59 Å². The van der Waals surface area contributed by atoms with Gasteiger partial charge in [0.25, 0.3) is 0 Å². The zero-order chi connectivity index (χ0) is 27.2. The molecule has 0 aromatic heterocycles. The van der Waals surface area contributed by atoms with Crippen LogP contribution in [0.5, 0.6) is 0 Å². The summed E-state index contributed by atoms with van der Waals surface area (Å²) in [5.41, 5.74) is -0.575. The van der Waals surface area contributed by atoms with Gasteiger partial charge in [0.2, 0.25) is 5.91 Å². The highest BCUT2D eigenvalue weighted by Gasteiger charge is 2.44. The Balaban J connectivity index is 1.62. The van der Waals surface area contributed by atoms with E-state index in [2.05, 4.69) is 0 Å². The predicted molar refractivity (Wildman–Crippen MR) is 136 cm³/mol. The first kappa shape index (κ1) is 28.3. The van der Waals surface area contributed by atoms with E-state index in [-0.39, 0.29) is 19.1 Å². The van der Waals surface area contributed by atoms with Gasteiger partial charge in [0.1, 0.15) is 18.8 Å². The summed E-state index contributed by atoms with van der Waals surface area (Å²) < 4.78 is 10.9. The van der Waals surface area contributed by atoms with Gasteiger partial charge < -0.3 is 29.3 Å². The van der Waals surface area contributed by atoms with Crippen LogP contribution in [0.4, 0.5) is 9.59 Å². The minimum Gasteiger partial charge on any atom is -0.480 e. The second kappa shape index (κ2) is 11.8. The second-order valence-corrected chi connectivity index (χ2v) is 11.1. The Morgan fingerprint density at radius 2 is 1.68 bits per heavy atom. The number of benzene rings is 1. The van der Waals surface area contributed by atoms with Gasteiger partial charge in [-0.2, -0.15) is 0 Å². The number of carboxylic acid groups (broad SMARTS) is 1. The maximum Gasteiger partial charge on any atom is 0.410 e. The Bertz CT molecular complexity index is 968. The molecule has 0 aliphatic carbocycles. The quantitative estimate of drug-likeness (QED) is 0.611. The zero-order valence-corrected chi connectivity index (χ0v) is 22.3. The Morgan fingerprint density at radius 1 is 1.03 bits per heavy atom. The van der Waals surface area contributed by atoms with Crippen molar-refractivity contribution < 1.29 is 33.8 Å². The third-order valence-electron chi connectivity index (χ3n) is 6.90. The molecule has 3 rings (SSSR count). The van der Waals surface area contributed by atoms with Crippen LogP contribution in [0.15, 0.2) is 30.3 Å². The highest BCUT2D eigenvalue weighted by Crippen LogP contribution is 2.35. The standard InChI is InChI=1S/C27H39N3O7/c1-26(2,3)37-25(35)29-14-8-11-21(17-29)30(18-22(31)32)23(33)27(4)12-15-28(16-13-27)24(34)36-19-20-9-6-5-7-10-20/h5-7,9-10,21H,8,11-19H2,1-4H3,(H,31,32). The summed E-state index contributed by atoms with van der Waals surface area (Å²) in [5, 5.41) is 9.57. The van der Waals surface area contributed by atoms with Crippen molar-refractivity contribution >= 4 is 24.1 Å². The number of carbonyl (C=O) groups is 4. The van der Waals surface area contributed by atoms with Crippen LogP contribution in [0.25, 0.3) is 0 Å². The molecule has 2 aliphatic rings. The average molecular weight is 518 g/mol. The summed E-state index contributed by atoms with van der Waals surface area (Å²) >= 11 is 0. The van der Waals surface area contributed by atoms with Gasteiger partial charge in [0.15, 0.2) is 0 Å². The topological polar surface area (TPSA) is 117 Å².